The number of ether oxygens (including phenoxy) is 1. The Morgan fingerprint density at radius 2 is 2.14 bits per heavy atom. The van der Waals surface area contributed by atoms with Crippen LogP contribution in [-0.2, 0) is 18.3 Å². The lowest BCUT2D eigenvalue weighted by Crippen LogP contribution is -2.32. The molecule has 0 fully saturated rings. The first-order valence-electron chi connectivity index (χ1n) is 7.01. The van der Waals surface area contributed by atoms with Crippen molar-refractivity contribution in [2.24, 2.45) is 7.05 Å². The third kappa shape index (κ3) is 4.49. The summed E-state index contributed by atoms with van der Waals surface area (Å²) in [5.41, 5.74) is 1.16. The maximum Gasteiger partial charge on any atom is 0.233 e. The van der Waals surface area contributed by atoms with E-state index in [0.717, 1.165) is 22.9 Å². The van der Waals surface area contributed by atoms with Crippen molar-refractivity contribution in [1.82, 2.24) is 20.1 Å². The molecule has 0 aliphatic carbocycles. The summed E-state index contributed by atoms with van der Waals surface area (Å²) in [5.74, 6) is 0.836. The van der Waals surface area contributed by atoms with Crippen LogP contribution in [0.25, 0.3) is 0 Å². The summed E-state index contributed by atoms with van der Waals surface area (Å²) < 4.78 is 6.91. The van der Waals surface area contributed by atoms with E-state index < -0.39 is 0 Å². The highest BCUT2D eigenvalue weighted by Gasteiger charge is 2.16. The van der Waals surface area contributed by atoms with Crippen molar-refractivity contribution in [2.45, 2.75) is 23.8 Å². The third-order valence-electron chi connectivity index (χ3n) is 3.19. The highest BCUT2D eigenvalue weighted by Crippen LogP contribution is 2.19. The van der Waals surface area contributed by atoms with Gasteiger partial charge in [0.15, 0.2) is 5.16 Å². The van der Waals surface area contributed by atoms with Gasteiger partial charge in [-0.05, 0) is 31.0 Å². The van der Waals surface area contributed by atoms with Gasteiger partial charge in [-0.3, -0.25) is 4.79 Å². The first kappa shape index (κ1) is 16.4. The van der Waals surface area contributed by atoms with Gasteiger partial charge in [-0.25, -0.2) is 0 Å². The smallest absolute Gasteiger partial charge is 0.233 e. The first-order valence-corrected chi connectivity index (χ1v) is 7.89. The van der Waals surface area contributed by atoms with Gasteiger partial charge in [0.1, 0.15) is 12.1 Å². The SMILES string of the molecule is COc1ccc(CCNC(=O)[C@@H](C)Sc2nncn2C)cc1. The zero-order chi connectivity index (χ0) is 15.9. The van der Waals surface area contributed by atoms with Crippen molar-refractivity contribution in [3.05, 3.63) is 36.2 Å². The number of aryl methyl sites for hydroxylation is 1. The molecule has 0 aliphatic rings. The number of rotatable bonds is 7. The van der Waals surface area contributed by atoms with Gasteiger partial charge in [0.05, 0.1) is 12.4 Å². The average Bonchev–Trinajstić information content (AvgIpc) is 2.93. The quantitative estimate of drug-likeness (QED) is 0.786. The molecule has 1 amide bonds. The van der Waals surface area contributed by atoms with Crippen LogP contribution in [0.5, 0.6) is 5.75 Å². The molecule has 1 N–H and O–H groups in total. The third-order valence-corrected chi connectivity index (χ3v) is 4.34. The number of hydrogen-bond acceptors (Lipinski definition) is 5. The van der Waals surface area contributed by atoms with E-state index in [1.165, 1.54) is 11.8 Å². The molecule has 118 valence electrons. The number of nitrogens with zero attached hydrogens (tertiary/aromatic N) is 3. The van der Waals surface area contributed by atoms with Crippen LogP contribution in [0, 0.1) is 0 Å². The molecule has 7 heteroatoms. The summed E-state index contributed by atoms with van der Waals surface area (Å²) in [7, 11) is 3.50. The second-order valence-electron chi connectivity index (χ2n) is 4.87. The number of carbonyl (C=O) groups is 1. The minimum atomic E-state index is -0.209. The summed E-state index contributed by atoms with van der Waals surface area (Å²) in [6.07, 6.45) is 2.41. The maximum absolute atomic E-state index is 12.1. The zero-order valence-corrected chi connectivity index (χ0v) is 13.8. The van der Waals surface area contributed by atoms with Crippen molar-refractivity contribution < 1.29 is 9.53 Å². The summed E-state index contributed by atoms with van der Waals surface area (Å²) >= 11 is 1.40. The molecule has 2 aromatic rings. The molecule has 1 heterocycles. The predicted octanol–water partition coefficient (Wildman–Crippen LogP) is 1.66. The van der Waals surface area contributed by atoms with Gasteiger partial charge >= 0.3 is 0 Å². The number of hydrogen-bond donors (Lipinski definition) is 1. The number of thioether (sulfide) groups is 1. The monoisotopic (exact) mass is 320 g/mol. The largest absolute Gasteiger partial charge is 0.497 e. The molecular weight excluding hydrogens is 300 g/mol. The maximum atomic E-state index is 12.1. The standard InChI is InChI=1S/C15H20N4O2S/c1-11(22-15-18-17-10-19(15)2)14(20)16-9-8-12-4-6-13(21-3)7-5-12/h4-7,10-11H,8-9H2,1-3H3,(H,16,20)/t11-/m1/s1. The Morgan fingerprint density at radius 1 is 1.41 bits per heavy atom. The fourth-order valence-corrected chi connectivity index (χ4v) is 2.67. The van der Waals surface area contributed by atoms with Crippen molar-refractivity contribution in [1.29, 1.82) is 0 Å². The van der Waals surface area contributed by atoms with Gasteiger partial charge in [-0.2, -0.15) is 0 Å². The lowest BCUT2D eigenvalue weighted by atomic mass is 10.1. The Kier molecular flexibility index (Phi) is 5.83. The average molecular weight is 320 g/mol. The minimum Gasteiger partial charge on any atom is -0.497 e. The summed E-state index contributed by atoms with van der Waals surface area (Å²) in [6, 6.07) is 7.85. The summed E-state index contributed by atoms with van der Waals surface area (Å²) in [4.78, 5) is 12.1. The fraction of sp³-hybridized carbons (Fsp3) is 0.400. The predicted molar refractivity (Wildman–Crippen MR) is 86.0 cm³/mol. The van der Waals surface area contributed by atoms with Crippen molar-refractivity contribution in [3.63, 3.8) is 0 Å². The van der Waals surface area contributed by atoms with Gasteiger partial charge in [0.2, 0.25) is 5.91 Å². The van der Waals surface area contributed by atoms with Crippen LogP contribution in [0.2, 0.25) is 0 Å². The normalized spacial score (nSPS) is 12.0. The Morgan fingerprint density at radius 3 is 2.73 bits per heavy atom. The van der Waals surface area contributed by atoms with E-state index in [-0.39, 0.29) is 11.2 Å². The molecule has 0 saturated carbocycles. The first-order chi connectivity index (χ1) is 10.6. The number of methoxy groups -OCH3 is 1. The Bertz CT molecular complexity index is 612. The molecule has 1 atom stereocenters. The Labute approximate surface area is 134 Å². The van der Waals surface area contributed by atoms with Crippen LogP contribution in [0.4, 0.5) is 0 Å². The zero-order valence-electron chi connectivity index (χ0n) is 12.9. The number of nitrogens with one attached hydrogen (secondary N) is 1. The Hall–Kier alpha value is -2.02. The van der Waals surface area contributed by atoms with E-state index >= 15 is 0 Å². The molecule has 0 bridgehead atoms. The molecule has 0 aliphatic heterocycles. The van der Waals surface area contributed by atoms with Gasteiger partial charge in [-0.15, -0.1) is 10.2 Å². The van der Waals surface area contributed by atoms with Gasteiger partial charge in [0, 0.05) is 13.6 Å². The number of benzene rings is 1. The molecule has 2 rings (SSSR count). The lowest BCUT2D eigenvalue weighted by Gasteiger charge is -2.11. The van der Waals surface area contributed by atoms with Crippen LogP contribution in [0.1, 0.15) is 12.5 Å². The Balaban J connectivity index is 1.75. The summed E-state index contributed by atoms with van der Waals surface area (Å²) in [5, 5.41) is 11.2. The second kappa shape index (κ2) is 7.84. The topological polar surface area (TPSA) is 69.0 Å². The van der Waals surface area contributed by atoms with Crippen LogP contribution in [0.15, 0.2) is 35.7 Å². The molecule has 1 aromatic carbocycles. The van der Waals surface area contributed by atoms with Gasteiger partial charge < -0.3 is 14.6 Å². The second-order valence-corrected chi connectivity index (χ2v) is 6.18. The highest BCUT2D eigenvalue weighted by atomic mass is 32.2. The molecule has 0 unspecified atom stereocenters. The van der Waals surface area contributed by atoms with Crippen LogP contribution in [-0.4, -0.2) is 39.6 Å². The van der Waals surface area contributed by atoms with Crippen molar-refractivity contribution in [3.8, 4) is 5.75 Å². The minimum absolute atomic E-state index is 0.00140. The van der Waals surface area contributed by atoms with Crippen LogP contribution < -0.4 is 10.1 Å². The van der Waals surface area contributed by atoms with E-state index in [9.17, 15) is 4.79 Å². The molecule has 6 nitrogen and oxygen atoms in total. The molecule has 0 saturated heterocycles. The molecule has 0 spiro atoms. The van der Waals surface area contributed by atoms with E-state index in [2.05, 4.69) is 15.5 Å². The van der Waals surface area contributed by atoms with E-state index in [0.29, 0.717) is 6.54 Å². The fourth-order valence-electron chi connectivity index (χ4n) is 1.86. The summed E-state index contributed by atoms with van der Waals surface area (Å²) in [6.45, 7) is 2.47. The van der Waals surface area contributed by atoms with Gasteiger partial charge in [-0.1, -0.05) is 23.9 Å². The molecule has 0 radical (unpaired) electrons. The van der Waals surface area contributed by atoms with Gasteiger partial charge in [0.25, 0.3) is 0 Å². The van der Waals surface area contributed by atoms with E-state index in [1.807, 2.05) is 38.2 Å². The number of carbonyl (C=O) groups excluding carboxylic acids is 1. The van der Waals surface area contributed by atoms with Crippen molar-refractivity contribution in [2.75, 3.05) is 13.7 Å². The molecule has 1 aromatic heterocycles. The lowest BCUT2D eigenvalue weighted by molar-refractivity contribution is -0.120. The number of amides is 1. The molecular formula is C15H20N4O2S. The molecule has 22 heavy (non-hydrogen) atoms. The van der Waals surface area contributed by atoms with Crippen molar-refractivity contribution >= 4 is 17.7 Å². The number of aromatic nitrogens is 3. The van der Waals surface area contributed by atoms with Crippen LogP contribution in [0.3, 0.4) is 0 Å². The highest BCUT2D eigenvalue weighted by molar-refractivity contribution is 8.00. The van der Waals surface area contributed by atoms with E-state index in [4.69, 9.17) is 4.74 Å². The van der Waals surface area contributed by atoms with E-state index in [1.54, 1.807) is 18.0 Å². The van der Waals surface area contributed by atoms with Crippen LogP contribution >= 0.6 is 11.8 Å².